The van der Waals surface area contributed by atoms with Crippen molar-refractivity contribution < 1.29 is 31.1 Å². The summed E-state index contributed by atoms with van der Waals surface area (Å²) >= 11 is 0. The Morgan fingerprint density at radius 1 is 1.12 bits per heavy atom. The fourth-order valence-electron chi connectivity index (χ4n) is 0.816. The van der Waals surface area contributed by atoms with Gasteiger partial charge in [-0.15, -0.1) is 0 Å². The van der Waals surface area contributed by atoms with Crippen LogP contribution in [0.25, 0.3) is 0 Å². The number of alkyl halides is 6. The van der Waals surface area contributed by atoms with E-state index < -0.39 is 31.0 Å². The summed E-state index contributed by atoms with van der Waals surface area (Å²) in [6, 6.07) is 0. The monoisotopic (exact) mass is 250 g/mol. The van der Waals surface area contributed by atoms with Crippen molar-refractivity contribution in [1.82, 2.24) is 0 Å². The van der Waals surface area contributed by atoms with Crippen LogP contribution in [0.3, 0.4) is 0 Å². The summed E-state index contributed by atoms with van der Waals surface area (Å²) in [6.45, 7) is 4.94. The maximum Gasteiger partial charge on any atom is 0.424 e. The minimum absolute atomic E-state index is 0.256. The summed E-state index contributed by atoms with van der Waals surface area (Å²) in [5.41, 5.74) is -0.256. The zero-order valence-electron chi connectivity index (χ0n) is 8.80. The van der Waals surface area contributed by atoms with Crippen molar-refractivity contribution in [2.45, 2.75) is 44.8 Å². The van der Waals surface area contributed by atoms with Gasteiger partial charge in [-0.3, -0.25) is 4.74 Å². The lowest BCUT2D eigenvalue weighted by Crippen LogP contribution is -2.47. The molecule has 0 aliphatic rings. The number of allylic oxidation sites excluding steroid dienone is 1. The van der Waals surface area contributed by atoms with E-state index >= 15 is 0 Å². The molecule has 0 aromatic carbocycles. The Kier molecular flexibility index (Phi) is 4.44. The van der Waals surface area contributed by atoms with E-state index in [-0.39, 0.29) is 5.57 Å². The highest BCUT2D eigenvalue weighted by Crippen LogP contribution is 2.43. The summed E-state index contributed by atoms with van der Waals surface area (Å²) in [4.78, 5) is 0. The molecule has 0 aromatic rings. The number of hydrogen-bond acceptors (Lipinski definition) is 1. The molecule has 16 heavy (non-hydrogen) atoms. The van der Waals surface area contributed by atoms with Gasteiger partial charge in [-0.05, 0) is 6.92 Å². The van der Waals surface area contributed by atoms with E-state index in [1.165, 1.54) is 0 Å². The van der Waals surface area contributed by atoms with Crippen molar-refractivity contribution in [3.63, 3.8) is 0 Å². The van der Waals surface area contributed by atoms with Gasteiger partial charge in [0.05, 0.1) is 0 Å². The van der Waals surface area contributed by atoms with E-state index in [2.05, 4.69) is 11.3 Å². The average molecular weight is 250 g/mol. The highest BCUT2D eigenvalue weighted by Gasteiger charge is 2.61. The first kappa shape index (κ1) is 15.3. The van der Waals surface area contributed by atoms with Crippen molar-refractivity contribution in [2.24, 2.45) is 0 Å². The van der Waals surface area contributed by atoms with Gasteiger partial charge in [0.2, 0.25) is 0 Å². The molecule has 96 valence electrons. The van der Waals surface area contributed by atoms with E-state index in [9.17, 15) is 26.3 Å². The van der Waals surface area contributed by atoms with Crippen molar-refractivity contribution in [3.05, 3.63) is 12.2 Å². The molecular formula is C9H12F6O. The smallest absolute Gasteiger partial charge is 0.250 e. The first-order valence-corrected chi connectivity index (χ1v) is 4.41. The first-order valence-electron chi connectivity index (χ1n) is 4.41. The average Bonchev–Trinajstić information content (AvgIpc) is 1.99. The van der Waals surface area contributed by atoms with Crippen LogP contribution in [0.4, 0.5) is 26.3 Å². The Bertz CT molecular complexity index is 261. The molecule has 0 saturated carbocycles. The molecule has 0 bridgehead atoms. The summed E-state index contributed by atoms with van der Waals surface area (Å²) < 4.78 is 79.0. The number of halogens is 6. The molecule has 0 heterocycles. The fourth-order valence-corrected chi connectivity index (χ4v) is 0.816. The predicted molar refractivity (Wildman–Crippen MR) is 45.6 cm³/mol. The van der Waals surface area contributed by atoms with Crippen LogP contribution < -0.4 is 0 Å². The number of rotatable bonds is 6. The van der Waals surface area contributed by atoms with Gasteiger partial charge in [0, 0.05) is 12.8 Å². The highest BCUT2D eigenvalue weighted by molar-refractivity contribution is 4.96. The molecular weight excluding hydrogens is 238 g/mol. The van der Waals surface area contributed by atoms with E-state index in [0.29, 0.717) is 0 Å². The minimum atomic E-state index is -5.23. The third-order valence-electron chi connectivity index (χ3n) is 1.64. The molecule has 0 rings (SSSR count). The molecule has 0 atom stereocenters. The van der Waals surface area contributed by atoms with Gasteiger partial charge in [-0.25, -0.2) is 0 Å². The highest BCUT2D eigenvalue weighted by atomic mass is 19.3. The Morgan fingerprint density at radius 3 is 1.88 bits per heavy atom. The Labute approximate surface area is 89.1 Å². The zero-order chi connectivity index (χ0) is 13.2. The molecule has 0 saturated heterocycles. The van der Waals surface area contributed by atoms with Gasteiger partial charge in [0.25, 0.3) is 0 Å². The molecule has 0 unspecified atom stereocenters. The second-order valence-electron chi connectivity index (χ2n) is 3.45. The lowest BCUT2D eigenvalue weighted by molar-refractivity contribution is -0.430. The predicted octanol–water partition coefficient (Wildman–Crippen LogP) is 4.20. The summed E-state index contributed by atoms with van der Waals surface area (Å²) in [6.07, 6.45) is -12.1. The van der Waals surface area contributed by atoms with Gasteiger partial charge in [0.15, 0.2) is 0 Å². The van der Waals surface area contributed by atoms with Crippen LogP contribution in [-0.2, 0) is 4.74 Å². The van der Waals surface area contributed by atoms with Crippen LogP contribution in [0.15, 0.2) is 12.2 Å². The number of ether oxygens (including phenoxy) is 1. The van der Waals surface area contributed by atoms with Crippen LogP contribution in [-0.4, -0.2) is 18.1 Å². The largest absolute Gasteiger partial charge is 0.424 e. The van der Waals surface area contributed by atoms with Crippen molar-refractivity contribution >= 4 is 0 Å². The SMILES string of the molecule is C=C(C)CC(F)(F)C(F)(F)OC(F)(F)CC. The second-order valence-corrected chi connectivity index (χ2v) is 3.45. The summed E-state index contributed by atoms with van der Waals surface area (Å²) in [5.74, 6) is -4.71. The maximum absolute atomic E-state index is 12.8. The molecule has 0 aliphatic heterocycles. The Balaban J connectivity index is 4.83. The van der Waals surface area contributed by atoms with Gasteiger partial charge in [-0.1, -0.05) is 19.1 Å². The molecule has 0 aromatic heterocycles. The van der Waals surface area contributed by atoms with Crippen LogP contribution in [0, 0.1) is 0 Å². The normalized spacial score (nSPS) is 14.0. The zero-order valence-corrected chi connectivity index (χ0v) is 8.80. The minimum Gasteiger partial charge on any atom is -0.250 e. The van der Waals surface area contributed by atoms with Gasteiger partial charge in [-0.2, -0.15) is 26.3 Å². The van der Waals surface area contributed by atoms with Crippen molar-refractivity contribution in [1.29, 1.82) is 0 Å². The molecule has 1 nitrogen and oxygen atoms in total. The standard InChI is InChI=1S/C9H12F6O/c1-4-8(12,13)16-9(14,15)7(10,11)5-6(2)3/h2,4-5H2,1,3H3. The number of hydrogen-bond donors (Lipinski definition) is 0. The Hall–Kier alpha value is -0.720. The second kappa shape index (κ2) is 4.65. The summed E-state index contributed by atoms with van der Waals surface area (Å²) in [5, 5.41) is 0. The molecule has 0 radical (unpaired) electrons. The lowest BCUT2D eigenvalue weighted by atomic mass is 10.1. The molecule has 0 spiro atoms. The Morgan fingerprint density at radius 2 is 1.56 bits per heavy atom. The van der Waals surface area contributed by atoms with E-state index in [1.54, 1.807) is 0 Å². The van der Waals surface area contributed by atoms with Crippen molar-refractivity contribution in [3.8, 4) is 0 Å². The molecule has 0 N–H and O–H groups in total. The molecule has 0 amide bonds. The van der Waals surface area contributed by atoms with Crippen LogP contribution in [0.2, 0.25) is 0 Å². The molecule has 7 heteroatoms. The van der Waals surface area contributed by atoms with E-state index in [4.69, 9.17) is 0 Å². The van der Waals surface area contributed by atoms with Crippen molar-refractivity contribution in [2.75, 3.05) is 0 Å². The van der Waals surface area contributed by atoms with Crippen LogP contribution in [0.5, 0.6) is 0 Å². The van der Waals surface area contributed by atoms with Crippen LogP contribution in [0.1, 0.15) is 26.7 Å². The van der Waals surface area contributed by atoms with Gasteiger partial charge >= 0.3 is 18.1 Å². The van der Waals surface area contributed by atoms with Gasteiger partial charge in [0.1, 0.15) is 0 Å². The first-order chi connectivity index (χ1) is 6.93. The quantitative estimate of drug-likeness (QED) is 0.507. The summed E-state index contributed by atoms with van der Waals surface area (Å²) in [7, 11) is 0. The topological polar surface area (TPSA) is 9.23 Å². The molecule has 0 fully saturated rings. The third-order valence-corrected chi connectivity index (χ3v) is 1.64. The van der Waals surface area contributed by atoms with E-state index in [1.807, 2.05) is 0 Å². The fraction of sp³-hybridized carbons (Fsp3) is 0.778. The van der Waals surface area contributed by atoms with Crippen LogP contribution >= 0.6 is 0 Å². The lowest BCUT2D eigenvalue weighted by Gasteiger charge is -2.29. The third kappa shape index (κ3) is 4.03. The van der Waals surface area contributed by atoms with Gasteiger partial charge < -0.3 is 0 Å². The van der Waals surface area contributed by atoms with E-state index in [0.717, 1.165) is 13.8 Å². The molecule has 0 aliphatic carbocycles. The maximum atomic E-state index is 12.8.